The van der Waals surface area contributed by atoms with Crippen LogP contribution in [-0.4, -0.2) is 12.0 Å². The van der Waals surface area contributed by atoms with E-state index in [4.69, 9.17) is 0 Å². The number of benzene rings is 1. The van der Waals surface area contributed by atoms with Crippen LogP contribution in [0.1, 0.15) is 19.4 Å². The highest BCUT2D eigenvalue weighted by molar-refractivity contribution is 5.78. The number of aromatic nitrogens is 1. The van der Waals surface area contributed by atoms with Crippen LogP contribution in [0.5, 0.6) is 0 Å². The Kier molecular flexibility index (Phi) is 7.20. The standard InChI is InChI=1S/C10H9N.C2H6.CH5N/c1-8-4-5-10-9(7-8)3-2-6-11-10;2*1-2/h2-7H,1H3;1-2H3;2H2,1H3. The van der Waals surface area contributed by atoms with E-state index < -0.39 is 0 Å². The van der Waals surface area contributed by atoms with Crippen molar-refractivity contribution in [3.8, 4) is 0 Å². The molecular weight excluding hydrogens is 184 g/mol. The Morgan fingerprint density at radius 2 is 1.73 bits per heavy atom. The van der Waals surface area contributed by atoms with Crippen molar-refractivity contribution in [1.82, 2.24) is 4.98 Å². The highest BCUT2D eigenvalue weighted by Crippen LogP contribution is 2.11. The van der Waals surface area contributed by atoms with E-state index in [1.54, 1.807) is 0 Å². The van der Waals surface area contributed by atoms with E-state index in [0.29, 0.717) is 0 Å². The lowest BCUT2D eigenvalue weighted by Gasteiger charge is -1.95. The molecule has 1 aromatic heterocycles. The molecule has 0 amide bonds. The van der Waals surface area contributed by atoms with Crippen LogP contribution in [0.4, 0.5) is 0 Å². The maximum atomic E-state index is 4.50. The number of nitrogens with two attached hydrogens (primary N) is 1. The molecule has 0 fully saturated rings. The molecule has 82 valence electrons. The molecule has 0 unspecified atom stereocenters. The maximum Gasteiger partial charge on any atom is 0.0702 e. The summed E-state index contributed by atoms with van der Waals surface area (Å²) in [5.74, 6) is 0. The minimum Gasteiger partial charge on any atom is -0.333 e. The molecule has 2 rings (SSSR count). The van der Waals surface area contributed by atoms with Gasteiger partial charge in [0.1, 0.15) is 0 Å². The van der Waals surface area contributed by atoms with Crippen LogP contribution in [0.2, 0.25) is 0 Å². The van der Waals surface area contributed by atoms with Crippen molar-refractivity contribution in [1.29, 1.82) is 0 Å². The third-order valence-electron chi connectivity index (χ3n) is 1.76. The molecule has 2 heteroatoms. The lowest BCUT2D eigenvalue weighted by atomic mass is 10.1. The predicted molar refractivity (Wildman–Crippen MR) is 67.9 cm³/mol. The summed E-state index contributed by atoms with van der Waals surface area (Å²) in [5, 5.41) is 1.22. The third kappa shape index (κ3) is 4.09. The lowest BCUT2D eigenvalue weighted by molar-refractivity contribution is 1.39. The Bertz CT molecular complexity index is 383. The van der Waals surface area contributed by atoms with Crippen molar-refractivity contribution in [2.45, 2.75) is 20.8 Å². The Morgan fingerprint density at radius 3 is 2.40 bits per heavy atom. The van der Waals surface area contributed by atoms with Gasteiger partial charge in [0.2, 0.25) is 0 Å². The first-order valence-corrected chi connectivity index (χ1v) is 5.25. The molecule has 1 heterocycles. The first kappa shape index (κ1) is 13.6. The number of hydrogen-bond acceptors (Lipinski definition) is 2. The molecular formula is C13H20N2. The minimum absolute atomic E-state index is 1.07. The van der Waals surface area contributed by atoms with Crippen molar-refractivity contribution in [2.75, 3.05) is 7.05 Å². The van der Waals surface area contributed by atoms with Crippen LogP contribution in [0.3, 0.4) is 0 Å². The third-order valence-corrected chi connectivity index (χ3v) is 1.76. The Balaban J connectivity index is 0.000000442. The number of pyridine rings is 1. The van der Waals surface area contributed by atoms with E-state index in [9.17, 15) is 0 Å². The topological polar surface area (TPSA) is 38.9 Å². The predicted octanol–water partition coefficient (Wildman–Crippen LogP) is 3.14. The van der Waals surface area contributed by atoms with Gasteiger partial charge in [-0.1, -0.05) is 31.5 Å². The van der Waals surface area contributed by atoms with E-state index >= 15 is 0 Å². The largest absolute Gasteiger partial charge is 0.333 e. The van der Waals surface area contributed by atoms with E-state index in [1.165, 1.54) is 18.0 Å². The van der Waals surface area contributed by atoms with E-state index in [0.717, 1.165) is 5.52 Å². The zero-order valence-electron chi connectivity index (χ0n) is 9.99. The molecule has 1 aromatic carbocycles. The Morgan fingerprint density at radius 1 is 1.07 bits per heavy atom. The van der Waals surface area contributed by atoms with Gasteiger partial charge in [-0.3, -0.25) is 4.98 Å². The van der Waals surface area contributed by atoms with Crippen molar-refractivity contribution in [2.24, 2.45) is 5.73 Å². The summed E-state index contributed by atoms with van der Waals surface area (Å²) < 4.78 is 0. The summed E-state index contributed by atoms with van der Waals surface area (Å²) in [7, 11) is 1.50. The van der Waals surface area contributed by atoms with Gasteiger partial charge in [0.05, 0.1) is 5.52 Å². The number of aryl methyl sites for hydroxylation is 1. The minimum atomic E-state index is 1.07. The van der Waals surface area contributed by atoms with Crippen LogP contribution in [-0.2, 0) is 0 Å². The molecule has 0 saturated carbocycles. The first-order valence-electron chi connectivity index (χ1n) is 5.25. The summed E-state index contributed by atoms with van der Waals surface area (Å²) in [4.78, 5) is 4.22. The second-order valence-corrected chi connectivity index (χ2v) is 2.70. The monoisotopic (exact) mass is 204 g/mol. The molecule has 0 aliphatic carbocycles. The van der Waals surface area contributed by atoms with Gasteiger partial charge in [-0.05, 0) is 32.2 Å². The molecule has 2 N–H and O–H groups in total. The van der Waals surface area contributed by atoms with Crippen LogP contribution in [0, 0.1) is 6.92 Å². The second-order valence-electron chi connectivity index (χ2n) is 2.70. The van der Waals surface area contributed by atoms with Gasteiger partial charge >= 0.3 is 0 Å². The quantitative estimate of drug-likeness (QED) is 0.716. The number of nitrogens with zero attached hydrogens (tertiary/aromatic N) is 1. The highest BCUT2D eigenvalue weighted by atomic mass is 14.6. The molecule has 0 atom stereocenters. The number of rotatable bonds is 0. The van der Waals surface area contributed by atoms with Gasteiger partial charge in [-0.25, -0.2) is 0 Å². The SMILES string of the molecule is CC.CN.Cc1ccc2ncccc2c1. The molecule has 15 heavy (non-hydrogen) atoms. The van der Waals surface area contributed by atoms with E-state index in [-0.39, 0.29) is 0 Å². The normalized spacial score (nSPS) is 8.33. The van der Waals surface area contributed by atoms with Crippen molar-refractivity contribution < 1.29 is 0 Å². The molecule has 0 saturated heterocycles. The van der Waals surface area contributed by atoms with Gasteiger partial charge in [0.15, 0.2) is 0 Å². The van der Waals surface area contributed by atoms with Gasteiger partial charge in [-0.15, -0.1) is 0 Å². The number of hydrogen-bond donors (Lipinski definition) is 1. The molecule has 0 radical (unpaired) electrons. The summed E-state index contributed by atoms with van der Waals surface area (Å²) in [6, 6.07) is 10.3. The zero-order chi connectivity index (χ0) is 11.7. The molecule has 0 aliphatic rings. The van der Waals surface area contributed by atoms with Crippen LogP contribution in [0.15, 0.2) is 36.5 Å². The summed E-state index contributed by atoms with van der Waals surface area (Å²) in [6.07, 6.45) is 1.82. The average molecular weight is 204 g/mol. The molecule has 0 aliphatic heterocycles. The summed E-state index contributed by atoms with van der Waals surface area (Å²) >= 11 is 0. The fourth-order valence-corrected chi connectivity index (χ4v) is 1.20. The van der Waals surface area contributed by atoms with Crippen molar-refractivity contribution in [3.63, 3.8) is 0 Å². The fourth-order valence-electron chi connectivity index (χ4n) is 1.20. The zero-order valence-corrected chi connectivity index (χ0v) is 9.99. The Hall–Kier alpha value is -1.41. The second kappa shape index (κ2) is 7.94. The van der Waals surface area contributed by atoms with Crippen molar-refractivity contribution >= 4 is 10.9 Å². The molecule has 2 aromatic rings. The molecule has 0 bridgehead atoms. The first-order chi connectivity index (χ1) is 7.36. The van der Waals surface area contributed by atoms with Gasteiger partial charge in [0, 0.05) is 11.6 Å². The molecule has 2 nitrogen and oxygen atoms in total. The van der Waals surface area contributed by atoms with Gasteiger partial charge in [-0.2, -0.15) is 0 Å². The lowest BCUT2D eigenvalue weighted by Crippen LogP contribution is -1.77. The summed E-state index contributed by atoms with van der Waals surface area (Å²) in [6.45, 7) is 6.09. The van der Waals surface area contributed by atoms with Crippen LogP contribution < -0.4 is 5.73 Å². The van der Waals surface area contributed by atoms with E-state index in [1.807, 2.05) is 32.2 Å². The number of fused-ring (bicyclic) bond motifs is 1. The van der Waals surface area contributed by atoms with Gasteiger partial charge in [0.25, 0.3) is 0 Å². The summed E-state index contributed by atoms with van der Waals surface area (Å²) in [5.41, 5.74) is 6.85. The average Bonchev–Trinajstić information content (AvgIpc) is 2.34. The smallest absolute Gasteiger partial charge is 0.0702 e. The Labute approximate surface area is 92.1 Å². The van der Waals surface area contributed by atoms with E-state index in [2.05, 4.69) is 35.8 Å². The van der Waals surface area contributed by atoms with Gasteiger partial charge < -0.3 is 5.73 Å². The van der Waals surface area contributed by atoms with Crippen molar-refractivity contribution in [3.05, 3.63) is 42.1 Å². The maximum absolute atomic E-state index is 4.50. The fraction of sp³-hybridized carbons (Fsp3) is 0.308. The van der Waals surface area contributed by atoms with Crippen LogP contribution in [0.25, 0.3) is 10.9 Å². The highest BCUT2D eigenvalue weighted by Gasteiger charge is 1.90. The molecule has 0 spiro atoms. The van der Waals surface area contributed by atoms with Crippen LogP contribution >= 0.6 is 0 Å².